The van der Waals surface area contributed by atoms with Crippen LogP contribution in [0.2, 0.25) is 0 Å². The van der Waals surface area contributed by atoms with Crippen LogP contribution in [0, 0.1) is 5.92 Å². The molecule has 1 aliphatic heterocycles. The molecule has 3 aromatic rings. The number of ether oxygens (including phenoxy) is 2. The van der Waals surface area contributed by atoms with Crippen molar-refractivity contribution in [2.24, 2.45) is 5.92 Å². The number of benzene rings is 1. The number of fused-ring (bicyclic) bond motifs is 1. The molecule has 5 rings (SSSR count). The summed E-state index contributed by atoms with van der Waals surface area (Å²) in [7, 11) is 3.50. The fraction of sp³-hybridized carbons (Fsp3) is 0.600. The van der Waals surface area contributed by atoms with Crippen molar-refractivity contribution in [1.29, 1.82) is 0 Å². The van der Waals surface area contributed by atoms with Gasteiger partial charge in [-0.2, -0.15) is 4.98 Å². The molecule has 0 spiro atoms. The summed E-state index contributed by atoms with van der Waals surface area (Å²) in [6.07, 6.45) is 11.2. The largest absolute Gasteiger partial charge is 0.495 e. The quantitative estimate of drug-likeness (QED) is 0.499. The van der Waals surface area contributed by atoms with Crippen LogP contribution >= 0.6 is 0 Å². The number of rotatable bonds is 8. The van der Waals surface area contributed by atoms with Crippen LogP contribution < -0.4 is 4.74 Å². The second-order valence-corrected chi connectivity index (χ2v) is 9.29. The average Bonchev–Trinajstić information content (AvgIpc) is 3.55. The van der Waals surface area contributed by atoms with Crippen LogP contribution in [0.15, 0.2) is 28.9 Å². The van der Waals surface area contributed by atoms with E-state index in [0.717, 1.165) is 48.3 Å². The fourth-order valence-corrected chi connectivity index (χ4v) is 5.55. The molecule has 1 atom stereocenters. The molecule has 1 saturated carbocycles. The maximum absolute atomic E-state index is 5.73. The van der Waals surface area contributed by atoms with Gasteiger partial charge in [-0.1, -0.05) is 36.6 Å². The first-order valence-electron chi connectivity index (χ1n) is 12.0. The van der Waals surface area contributed by atoms with Gasteiger partial charge in [0.25, 0.3) is 0 Å². The summed E-state index contributed by atoms with van der Waals surface area (Å²) in [5.74, 6) is 2.93. The van der Waals surface area contributed by atoms with Crippen LogP contribution in [0.4, 0.5) is 0 Å². The molecule has 7 heteroatoms. The summed E-state index contributed by atoms with van der Waals surface area (Å²) < 4.78 is 19.2. The van der Waals surface area contributed by atoms with E-state index in [0.29, 0.717) is 30.2 Å². The van der Waals surface area contributed by atoms with Gasteiger partial charge in [0, 0.05) is 36.8 Å². The Hall–Kier alpha value is -2.38. The number of methoxy groups -OCH3 is 2. The number of aromatic nitrogens is 3. The van der Waals surface area contributed by atoms with Gasteiger partial charge in [0.1, 0.15) is 5.75 Å². The van der Waals surface area contributed by atoms with Crippen LogP contribution in [-0.2, 0) is 17.8 Å². The molecular weight excluding hydrogens is 404 g/mol. The third kappa shape index (κ3) is 4.28. The van der Waals surface area contributed by atoms with E-state index in [4.69, 9.17) is 19.0 Å². The maximum Gasteiger partial charge on any atom is 0.241 e. The van der Waals surface area contributed by atoms with Crippen molar-refractivity contribution in [3.8, 4) is 17.1 Å². The highest BCUT2D eigenvalue weighted by molar-refractivity contribution is 5.97. The minimum atomic E-state index is 0.428. The molecule has 1 aromatic carbocycles. The molecule has 32 heavy (non-hydrogen) atoms. The van der Waals surface area contributed by atoms with Gasteiger partial charge in [0.05, 0.1) is 25.8 Å². The minimum absolute atomic E-state index is 0.428. The smallest absolute Gasteiger partial charge is 0.241 e. The summed E-state index contributed by atoms with van der Waals surface area (Å²) in [6.45, 7) is 3.47. The number of para-hydroxylation sites is 1. The predicted octanol–water partition coefficient (Wildman–Crippen LogP) is 4.89. The van der Waals surface area contributed by atoms with E-state index >= 15 is 0 Å². The number of hydrogen-bond acceptors (Lipinski definition) is 6. The number of nitrogens with zero attached hydrogens (tertiary/aromatic N) is 4. The molecule has 0 radical (unpaired) electrons. The van der Waals surface area contributed by atoms with Crippen molar-refractivity contribution in [1.82, 2.24) is 19.6 Å². The molecule has 1 unspecified atom stereocenters. The van der Waals surface area contributed by atoms with Crippen LogP contribution in [0.25, 0.3) is 22.3 Å². The lowest BCUT2D eigenvalue weighted by atomic mass is 9.89. The SMILES string of the molecule is COCC1CCCN1Cc1nc(-c2cn(CC3CCCCC3)c3c(OC)cccc23)no1. The second kappa shape index (κ2) is 9.63. The van der Waals surface area contributed by atoms with Crippen molar-refractivity contribution in [3.63, 3.8) is 0 Å². The topological polar surface area (TPSA) is 65.5 Å². The highest BCUT2D eigenvalue weighted by atomic mass is 16.5. The summed E-state index contributed by atoms with van der Waals surface area (Å²) in [5, 5.41) is 5.48. The molecule has 2 aliphatic rings. The van der Waals surface area contributed by atoms with Gasteiger partial charge in [0.2, 0.25) is 11.7 Å². The third-order valence-corrected chi connectivity index (χ3v) is 7.17. The van der Waals surface area contributed by atoms with E-state index < -0.39 is 0 Å². The Kier molecular flexibility index (Phi) is 6.46. The second-order valence-electron chi connectivity index (χ2n) is 9.29. The van der Waals surface area contributed by atoms with E-state index in [1.54, 1.807) is 14.2 Å². The summed E-state index contributed by atoms with van der Waals surface area (Å²) in [5.41, 5.74) is 2.14. The zero-order valence-electron chi connectivity index (χ0n) is 19.3. The average molecular weight is 439 g/mol. The lowest BCUT2D eigenvalue weighted by molar-refractivity contribution is 0.105. The monoisotopic (exact) mass is 438 g/mol. The molecule has 0 N–H and O–H groups in total. The van der Waals surface area contributed by atoms with E-state index in [1.807, 2.05) is 12.1 Å². The first kappa shape index (κ1) is 21.5. The van der Waals surface area contributed by atoms with Gasteiger partial charge >= 0.3 is 0 Å². The van der Waals surface area contributed by atoms with Crippen molar-refractivity contribution in [2.75, 3.05) is 27.4 Å². The zero-order chi connectivity index (χ0) is 21.9. The molecule has 2 fully saturated rings. The Balaban J connectivity index is 1.44. The van der Waals surface area contributed by atoms with Gasteiger partial charge in [-0.25, -0.2) is 0 Å². The lowest BCUT2D eigenvalue weighted by Crippen LogP contribution is -2.32. The Morgan fingerprint density at radius 3 is 2.78 bits per heavy atom. The molecule has 3 heterocycles. The number of likely N-dealkylation sites (tertiary alicyclic amines) is 1. The summed E-state index contributed by atoms with van der Waals surface area (Å²) in [6, 6.07) is 6.64. The maximum atomic E-state index is 5.73. The van der Waals surface area contributed by atoms with E-state index in [-0.39, 0.29) is 0 Å². The Morgan fingerprint density at radius 1 is 1.09 bits per heavy atom. The molecule has 2 aromatic heterocycles. The molecule has 1 saturated heterocycles. The predicted molar refractivity (Wildman–Crippen MR) is 124 cm³/mol. The molecule has 172 valence electrons. The summed E-state index contributed by atoms with van der Waals surface area (Å²) in [4.78, 5) is 7.18. The third-order valence-electron chi connectivity index (χ3n) is 7.17. The summed E-state index contributed by atoms with van der Waals surface area (Å²) >= 11 is 0. The zero-order valence-corrected chi connectivity index (χ0v) is 19.3. The van der Waals surface area contributed by atoms with Crippen molar-refractivity contribution >= 4 is 10.9 Å². The molecule has 7 nitrogen and oxygen atoms in total. The fourth-order valence-electron chi connectivity index (χ4n) is 5.55. The van der Waals surface area contributed by atoms with Crippen molar-refractivity contribution < 1.29 is 14.0 Å². The Morgan fingerprint density at radius 2 is 1.97 bits per heavy atom. The standard InChI is InChI=1S/C25H34N4O3/c1-30-17-19-10-7-13-28(19)16-23-26-25(27-32-23)21-15-29(14-18-8-4-3-5-9-18)24-20(21)11-6-12-22(24)31-2/h6,11-12,15,18-19H,3-5,7-10,13-14,16-17H2,1-2H3. The Bertz CT molecular complexity index is 1040. The van der Waals surface area contributed by atoms with Gasteiger partial charge in [-0.15, -0.1) is 0 Å². The molecule has 0 bridgehead atoms. The Labute approximate surface area is 189 Å². The van der Waals surface area contributed by atoms with E-state index in [9.17, 15) is 0 Å². The number of hydrogen-bond donors (Lipinski definition) is 0. The van der Waals surface area contributed by atoms with Crippen LogP contribution in [-0.4, -0.2) is 53.0 Å². The van der Waals surface area contributed by atoms with Gasteiger partial charge in [0.15, 0.2) is 0 Å². The van der Waals surface area contributed by atoms with E-state index in [2.05, 4.69) is 26.9 Å². The van der Waals surface area contributed by atoms with Gasteiger partial charge in [-0.3, -0.25) is 4.90 Å². The first-order valence-corrected chi connectivity index (χ1v) is 12.0. The highest BCUT2D eigenvalue weighted by Gasteiger charge is 2.27. The molecule has 0 amide bonds. The van der Waals surface area contributed by atoms with Gasteiger partial charge < -0.3 is 18.6 Å². The van der Waals surface area contributed by atoms with Crippen LogP contribution in [0.3, 0.4) is 0 Å². The van der Waals surface area contributed by atoms with Crippen molar-refractivity contribution in [2.45, 2.75) is 64.1 Å². The van der Waals surface area contributed by atoms with Crippen molar-refractivity contribution in [3.05, 3.63) is 30.3 Å². The van der Waals surface area contributed by atoms with Crippen LogP contribution in [0.1, 0.15) is 50.8 Å². The highest BCUT2D eigenvalue weighted by Crippen LogP contribution is 2.36. The first-order chi connectivity index (χ1) is 15.8. The molecule has 1 aliphatic carbocycles. The van der Waals surface area contributed by atoms with Crippen LogP contribution in [0.5, 0.6) is 5.75 Å². The van der Waals surface area contributed by atoms with E-state index in [1.165, 1.54) is 38.5 Å². The normalized spacial score (nSPS) is 20.4. The molecular formula is C25H34N4O3. The van der Waals surface area contributed by atoms with Gasteiger partial charge in [-0.05, 0) is 44.2 Å². The lowest BCUT2D eigenvalue weighted by Gasteiger charge is -2.22. The minimum Gasteiger partial charge on any atom is -0.495 e.